The Hall–Kier alpha value is 0.160. The Labute approximate surface area is 58.7 Å². The summed E-state index contributed by atoms with van der Waals surface area (Å²) >= 11 is 4.54. The van der Waals surface area contributed by atoms with Gasteiger partial charge in [-0.25, -0.2) is 0 Å². The van der Waals surface area contributed by atoms with E-state index in [0.717, 1.165) is 0 Å². The molecule has 0 heterocycles. The summed E-state index contributed by atoms with van der Waals surface area (Å²) in [7, 11) is -3.70. The minimum atomic E-state index is -3.70. The van der Waals surface area contributed by atoms with Crippen LogP contribution in [0.25, 0.3) is 0 Å². The Kier molecular flexibility index (Phi) is 3.42. The van der Waals surface area contributed by atoms with Crippen molar-refractivity contribution in [3.63, 3.8) is 0 Å². The zero-order valence-corrected chi connectivity index (χ0v) is 6.32. The van der Waals surface area contributed by atoms with Gasteiger partial charge in [-0.3, -0.25) is 0 Å². The fraction of sp³-hybridized carbons (Fsp3) is 1.00. The molecule has 0 aliphatic heterocycles. The van der Waals surface area contributed by atoms with E-state index >= 15 is 0 Å². The molecule has 0 bridgehead atoms. The molecule has 0 aliphatic carbocycles. The van der Waals surface area contributed by atoms with Crippen molar-refractivity contribution in [3.05, 3.63) is 0 Å². The summed E-state index contributed by atoms with van der Waals surface area (Å²) in [6.07, 6.45) is -0.950. The summed E-state index contributed by atoms with van der Waals surface area (Å²) < 4.78 is 24.1. The lowest BCUT2D eigenvalue weighted by molar-refractivity contribution is 0.216. The SMILES string of the molecule is CC(O)CS(=O)(=O)OCl. The van der Waals surface area contributed by atoms with Gasteiger partial charge < -0.3 is 5.11 Å². The van der Waals surface area contributed by atoms with E-state index in [1.165, 1.54) is 6.92 Å². The van der Waals surface area contributed by atoms with Gasteiger partial charge in [0.2, 0.25) is 0 Å². The molecule has 0 radical (unpaired) electrons. The Bertz CT molecular complexity index is 161. The molecule has 0 aliphatic rings. The third-order valence-corrected chi connectivity index (χ3v) is 2.20. The Morgan fingerprint density at radius 1 is 1.78 bits per heavy atom. The summed E-state index contributed by atoms with van der Waals surface area (Å²) in [4.78, 5) is 0. The van der Waals surface area contributed by atoms with Gasteiger partial charge in [0.25, 0.3) is 10.1 Å². The molecule has 1 atom stereocenters. The lowest BCUT2D eigenvalue weighted by atomic mass is 10.5. The number of hydrogen-bond donors (Lipinski definition) is 1. The first kappa shape index (κ1) is 9.16. The van der Waals surface area contributed by atoms with Crippen molar-refractivity contribution in [1.29, 1.82) is 0 Å². The minimum Gasteiger partial charge on any atom is -0.392 e. The van der Waals surface area contributed by atoms with Gasteiger partial charge in [-0.2, -0.15) is 12.2 Å². The Balaban J connectivity index is 3.90. The smallest absolute Gasteiger partial charge is 0.285 e. The summed E-state index contributed by atoms with van der Waals surface area (Å²) in [5, 5.41) is 8.50. The first-order chi connectivity index (χ1) is 3.98. The summed E-state index contributed by atoms with van der Waals surface area (Å²) in [6, 6.07) is 0. The van der Waals surface area contributed by atoms with Crippen molar-refractivity contribution in [2.45, 2.75) is 13.0 Å². The fourth-order valence-electron chi connectivity index (χ4n) is 0.321. The van der Waals surface area contributed by atoms with Gasteiger partial charge in [0.05, 0.1) is 18.0 Å². The van der Waals surface area contributed by atoms with Crippen LogP contribution in [-0.2, 0) is 13.9 Å². The average molecular weight is 175 g/mol. The molecule has 56 valence electrons. The second kappa shape index (κ2) is 3.36. The van der Waals surface area contributed by atoms with Crippen LogP contribution < -0.4 is 0 Å². The predicted octanol–water partition coefficient (Wildman–Crippen LogP) is -0.133. The van der Waals surface area contributed by atoms with Gasteiger partial charge in [0.15, 0.2) is 0 Å². The summed E-state index contributed by atoms with van der Waals surface area (Å²) in [5.41, 5.74) is 0. The van der Waals surface area contributed by atoms with E-state index in [1.807, 2.05) is 0 Å². The molecular weight excluding hydrogens is 168 g/mol. The second-order valence-corrected chi connectivity index (χ2v) is 3.59. The van der Waals surface area contributed by atoms with Crippen LogP contribution in [0.4, 0.5) is 0 Å². The van der Waals surface area contributed by atoms with Gasteiger partial charge in [-0.15, -0.1) is 0 Å². The number of aliphatic hydroxyl groups is 1. The first-order valence-corrected chi connectivity index (χ1v) is 4.07. The zero-order chi connectivity index (χ0) is 7.49. The van der Waals surface area contributed by atoms with Crippen LogP contribution in [0, 0.1) is 0 Å². The number of aliphatic hydroxyl groups excluding tert-OH is 1. The third-order valence-electron chi connectivity index (χ3n) is 0.541. The highest BCUT2D eigenvalue weighted by Crippen LogP contribution is 1.98. The molecule has 0 amide bonds. The fourth-order valence-corrected chi connectivity index (χ4v) is 1.12. The van der Waals surface area contributed by atoms with Crippen LogP contribution in [0.3, 0.4) is 0 Å². The molecule has 0 aromatic heterocycles. The van der Waals surface area contributed by atoms with E-state index in [1.54, 1.807) is 0 Å². The van der Waals surface area contributed by atoms with Crippen LogP contribution in [0.5, 0.6) is 0 Å². The molecule has 0 saturated carbocycles. The maximum atomic E-state index is 10.3. The monoisotopic (exact) mass is 174 g/mol. The van der Waals surface area contributed by atoms with Crippen LogP contribution in [0.2, 0.25) is 0 Å². The summed E-state index contributed by atoms with van der Waals surface area (Å²) in [5.74, 6) is -0.476. The minimum absolute atomic E-state index is 0.476. The molecule has 6 heteroatoms. The van der Waals surface area contributed by atoms with Crippen LogP contribution in [0.1, 0.15) is 6.92 Å². The standard InChI is InChI=1S/C3H7ClO4S/c1-3(5)2-9(6,7)8-4/h3,5H,2H2,1H3. The lowest BCUT2D eigenvalue weighted by Gasteiger charge is -1.99. The van der Waals surface area contributed by atoms with E-state index < -0.39 is 22.0 Å². The van der Waals surface area contributed by atoms with Crippen molar-refractivity contribution >= 4 is 22.0 Å². The Morgan fingerprint density at radius 2 is 2.22 bits per heavy atom. The Morgan fingerprint density at radius 3 is 2.33 bits per heavy atom. The maximum absolute atomic E-state index is 10.3. The third kappa shape index (κ3) is 4.65. The highest BCUT2D eigenvalue weighted by Gasteiger charge is 2.13. The zero-order valence-electron chi connectivity index (χ0n) is 4.74. The van der Waals surface area contributed by atoms with E-state index in [4.69, 9.17) is 5.11 Å². The molecular formula is C3H7ClO4S. The first-order valence-electron chi connectivity index (χ1n) is 2.19. The van der Waals surface area contributed by atoms with Crippen LogP contribution in [-0.4, -0.2) is 25.4 Å². The topological polar surface area (TPSA) is 63.6 Å². The van der Waals surface area contributed by atoms with Gasteiger partial charge in [0, 0.05) is 0 Å². The van der Waals surface area contributed by atoms with Crippen molar-refractivity contribution in [2.75, 3.05) is 5.75 Å². The molecule has 9 heavy (non-hydrogen) atoms. The lowest BCUT2D eigenvalue weighted by Crippen LogP contribution is -2.16. The van der Waals surface area contributed by atoms with E-state index in [2.05, 4.69) is 15.6 Å². The molecule has 0 saturated heterocycles. The molecule has 4 nitrogen and oxygen atoms in total. The molecule has 0 aromatic carbocycles. The molecule has 0 spiro atoms. The normalized spacial score (nSPS) is 15.4. The van der Waals surface area contributed by atoms with E-state index in [0.29, 0.717) is 0 Å². The molecule has 0 fully saturated rings. The number of hydrogen-bond acceptors (Lipinski definition) is 4. The summed E-state index contributed by atoms with van der Waals surface area (Å²) in [6.45, 7) is 1.33. The number of halogens is 1. The number of rotatable bonds is 3. The van der Waals surface area contributed by atoms with Crippen LogP contribution in [0.15, 0.2) is 0 Å². The molecule has 1 unspecified atom stereocenters. The maximum Gasteiger partial charge on any atom is 0.285 e. The van der Waals surface area contributed by atoms with E-state index in [9.17, 15) is 8.42 Å². The van der Waals surface area contributed by atoms with Crippen molar-refractivity contribution < 1.29 is 17.3 Å². The van der Waals surface area contributed by atoms with Gasteiger partial charge in [0.1, 0.15) is 5.75 Å². The molecule has 0 rings (SSSR count). The highest BCUT2D eigenvalue weighted by molar-refractivity contribution is 7.87. The van der Waals surface area contributed by atoms with Crippen molar-refractivity contribution in [3.8, 4) is 0 Å². The van der Waals surface area contributed by atoms with Crippen molar-refractivity contribution in [1.82, 2.24) is 0 Å². The average Bonchev–Trinajstić information content (AvgIpc) is 1.63. The van der Waals surface area contributed by atoms with Crippen LogP contribution >= 0.6 is 11.9 Å². The molecule has 0 aromatic rings. The molecule has 1 N–H and O–H groups in total. The van der Waals surface area contributed by atoms with Crippen molar-refractivity contribution in [2.24, 2.45) is 0 Å². The van der Waals surface area contributed by atoms with Gasteiger partial charge >= 0.3 is 0 Å². The van der Waals surface area contributed by atoms with E-state index in [-0.39, 0.29) is 0 Å². The quantitative estimate of drug-likeness (QED) is 0.648. The predicted molar refractivity (Wildman–Crippen MR) is 32.4 cm³/mol. The largest absolute Gasteiger partial charge is 0.392 e. The van der Waals surface area contributed by atoms with Gasteiger partial charge in [-0.05, 0) is 6.92 Å². The second-order valence-electron chi connectivity index (χ2n) is 1.64. The van der Waals surface area contributed by atoms with Gasteiger partial charge in [-0.1, -0.05) is 0 Å². The highest BCUT2D eigenvalue weighted by atomic mass is 35.5.